The smallest absolute Gasteiger partial charge is 0.380 e. The van der Waals surface area contributed by atoms with Gasteiger partial charge in [-0.1, -0.05) is 5.16 Å². The van der Waals surface area contributed by atoms with Gasteiger partial charge in [-0.3, -0.25) is 0 Å². The summed E-state index contributed by atoms with van der Waals surface area (Å²) in [6.45, 7) is 1.15. The average Bonchev–Trinajstić information content (AvgIpc) is 2.79. The Kier molecular flexibility index (Phi) is 6.19. The first-order chi connectivity index (χ1) is 8.92. The third-order valence-electron chi connectivity index (χ3n) is 2.04. The van der Waals surface area contributed by atoms with Crippen molar-refractivity contribution in [3.63, 3.8) is 0 Å². The number of hydrogen-bond donors (Lipinski definition) is 1. The molecule has 0 bridgehead atoms. The molecule has 0 aliphatic heterocycles. The molecule has 0 spiro atoms. The van der Waals surface area contributed by atoms with Crippen molar-refractivity contribution in [1.82, 2.24) is 10.1 Å². The SMILES string of the molecule is CCOCC(N)c1noc(CCOCC(F)(F)F)n1. The normalized spacial score (nSPS) is 13.7. The van der Waals surface area contributed by atoms with E-state index in [4.69, 9.17) is 15.0 Å². The fourth-order valence-electron chi connectivity index (χ4n) is 1.19. The van der Waals surface area contributed by atoms with Crippen molar-refractivity contribution >= 4 is 0 Å². The third-order valence-corrected chi connectivity index (χ3v) is 2.04. The zero-order valence-corrected chi connectivity index (χ0v) is 10.4. The van der Waals surface area contributed by atoms with Crippen LogP contribution >= 0.6 is 0 Å². The van der Waals surface area contributed by atoms with E-state index in [9.17, 15) is 13.2 Å². The molecule has 0 aromatic carbocycles. The van der Waals surface area contributed by atoms with Crippen LogP contribution in [0.2, 0.25) is 0 Å². The largest absolute Gasteiger partial charge is 0.411 e. The maximum atomic E-state index is 11.8. The molecule has 0 saturated heterocycles. The molecule has 0 aliphatic carbocycles. The van der Waals surface area contributed by atoms with E-state index in [0.717, 1.165) is 0 Å². The van der Waals surface area contributed by atoms with Crippen LogP contribution in [0.4, 0.5) is 13.2 Å². The van der Waals surface area contributed by atoms with Gasteiger partial charge in [-0.15, -0.1) is 0 Å². The predicted molar refractivity (Wildman–Crippen MR) is 58.3 cm³/mol. The molecule has 1 rings (SSSR count). The highest BCUT2D eigenvalue weighted by Crippen LogP contribution is 2.14. The minimum atomic E-state index is -4.33. The zero-order valence-electron chi connectivity index (χ0n) is 10.4. The summed E-state index contributed by atoms with van der Waals surface area (Å²) in [5.41, 5.74) is 5.72. The number of nitrogens with zero attached hydrogens (tertiary/aromatic N) is 2. The number of hydrogen-bond acceptors (Lipinski definition) is 6. The van der Waals surface area contributed by atoms with Crippen molar-refractivity contribution < 1.29 is 27.2 Å². The summed E-state index contributed by atoms with van der Waals surface area (Å²) in [6.07, 6.45) is -4.23. The molecule has 110 valence electrons. The standard InChI is InChI=1S/C10H16F3N3O3/c1-2-17-5-7(14)9-15-8(19-16-9)3-4-18-6-10(11,12)13/h7H,2-6,14H2,1H3. The Morgan fingerprint density at radius 1 is 1.37 bits per heavy atom. The quantitative estimate of drug-likeness (QED) is 0.722. The summed E-state index contributed by atoms with van der Waals surface area (Å²) in [6, 6.07) is -0.520. The molecule has 2 N–H and O–H groups in total. The van der Waals surface area contributed by atoms with Crippen LogP contribution in [0.1, 0.15) is 24.7 Å². The van der Waals surface area contributed by atoms with Crippen molar-refractivity contribution in [2.75, 3.05) is 26.4 Å². The van der Waals surface area contributed by atoms with Crippen LogP contribution in [0.15, 0.2) is 4.52 Å². The van der Waals surface area contributed by atoms with Crippen molar-refractivity contribution in [2.24, 2.45) is 5.73 Å². The molecule has 6 nitrogen and oxygen atoms in total. The number of nitrogens with two attached hydrogens (primary N) is 1. The summed E-state index contributed by atoms with van der Waals surface area (Å²) in [4.78, 5) is 3.95. The molecule has 1 aromatic heterocycles. The second kappa shape index (κ2) is 7.41. The number of halogens is 3. The molecular weight excluding hydrogens is 267 g/mol. The maximum absolute atomic E-state index is 11.8. The van der Waals surface area contributed by atoms with Crippen molar-refractivity contribution in [3.05, 3.63) is 11.7 Å². The van der Waals surface area contributed by atoms with Gasteiger partial charge in [-0.25, -0.2) is 0 Å². The van der Waals surface area contributed by atoms with Crippen molar-refractivity contribution in [2.45, 2.75) is 25.6 Å². The number of ether oxygens (including phenoxy) is 2. The summed E-state index contributed by atoms with van der Waals surface area (Å²) in [7, 11) is 0. The minimum Gasteiger partial charge on any atom is -0.380 e. The van der Waals surface area contributed by atoms with Gasteiger partial charge < -0.3 is 19.7 Å². The Bertz CT molecular complexity index is 370. The average molecular weight is 283 g/mol. The molecule has 0 saturated carbocycles. The molecule has 0 aliphatic rings. The summed E-state index contributed by atoms with van der Waals surface area (Å²) in [5, 5.41) is 3.63. The highest BCUT2D eigenvalue weighted by atomic mass is 19.4. The maximum Gasteiger partial charge on any atom is 0.411 e. The first kappa shape index (κ1) is 15.9. The number of aromatic nitrogens is 2. The van der Waals surface area contributed by atoms with Crippen LogP contribution in [0, 0.1) is 0 Å². The first-order valence-electron chi connectivity index (χ1n) is 5.72. The van der Waals surface area contributed by atoms with Gasteiger partial charge in [0.05, 0.1) is 25.7 Å². The van der Waals surface area contributed by atoms with Crippen LogP contribution in [0.5, 0.6) is 0 Å². The molecule has 19 heavy (non-hydrogen) atoms. The fourth-order valence-corrected chi connectivity index (χ4v) is 1.19. The lowest BCUT2D eigenvalue weighted by Gasteiger charge is -2.06. The Labute approximate surface area is 108 Å². The van der Waals surface area contributed by atoms with Crippen LogP contribution in [-0.2, 0) is 15.9 Å². The Morgan fingerprint density at radius 3 is 2.74 bits per heavy atom. The molecule has 1 atom stereocenters. The van der Waals surface area contributed by atoms with Crippen LogP contribution in [0.25, 0.3) is 0 Å². The van der Waals surface area contributed by atoms with Gasteiger partial charge in [0.2, 0.25) is 5.89 Å². The van der Waals surface area contributed by atoms with Crippen molar-refractivity contribution in [3.8, 4) is 0 Å². The van der Waals surface area contributed by atoms with E-state index < -0.39 is 18.8 Å². The molecule has 0 radical (unpaired) electrons. The van der Waals surface area contributed by atoms with Gasteiger partial charge in [0.25, 0.3) is 0 Å². The number of alkyl halides is 3. The van der Waals surface area contributed by atoms with E-state index in [1.165, 1.54) is 0 Å². The van der Waals surface area contributed by atoms with E-state index >= 15 is 0 Å². The second-order valence-corrected chi connectivity index (χ2v) is 3.73. The van der Waals surface area contributed by atoms with E-state index in [0.29, 0.717) is 6.61 Å². The van der Waals surface area contributed by atoms with Gasteiger partial charge in [-0.2, -0.15) is 18.2 Å². The third kappa shape index (κ3) is 6.50. The molecule has 1 aromatic rings. The van der Waals surface area contributed by atoms with Crippen LogP contribution in [0.3, 0.4) is 0 Å². The van der Waals surface area contributed by atoms with Gasteiger partial charge in [0.1, 0.15) is 6.61 Å². The monoisotopic (exact) mass is 283 g/mol. The highest BCUT2D eigenvalue weighted by Gasteiger charge is 2.27. The lowest BCUT2D eigenvalue weighted by molar-refractivity contribution is -0.173. The predicted octanol–water partition coefficient (Wildman–Crippen LogP) is 1.23. The van der Waals surface area contributed by atoms with E-state index in [-0.39, 0.29) is 31.3 Å². The lowest BCUT2D eigenvalue weighted by atomic mass is 10.3. The Balaban J connectivity index is 2.30. The molecule has 0 fully saturated rings. The van der Waals surface area contributed by atoms with Gasteiger partial charge in [-0.05, 0) is 6.92 Å². The number of rotatable bonds is 8. The Hall–Kier alpha value is -1.19. The van der Waals surface area contributed by atoms with Crippen LogP contribution in [-0.4, -0.2) is 42.7 Å². The second-order valence-electron chi connectivity index (χ2n) is 3.73. The topological polar surface area (TPSA) is 83.4 Å². The fraction of sp³-hybridized carbons (Fsp3) is 0.800. The molecule has 1 heterocycles. The van der Waals surface area contributed by atoms with Crippen molar-refractivity contribution in [1.29, 1.82) is 0 Å². The summed E-state index contributed by atoms with van der Waals surface area (Å²) >= 11 is 0. The van der Waals surface area contributed by atoms with Gasteiger partial charge in [0, 0.05) is 6.61 Å². The molecule has 1 unspecified atom stereocenters. The first-order valence-corrected chi connectivity index (χ1v) is 5.72. The Morgan fingerprint density at radius 2 is 2.11 bits per heavy atom. The van der Waals surface area contributed by atoms with E-state index in [1.807, 2.05) is 6.92 Å². The lowest BCUT2D eigenvalue weighted by Crippen LogP contribution is -2.19. The summed E-state index contributed by atoms with van der Waals surface area (Å²) < 4.78 is 49.8. The van der Waals surface area contributed by atoms with Gasteiger partial charge >= 0.3 is 6.18 Å². The molecule has 0 amide bonds. The summed E-state index contributed by atoms with van der Waals surface area (Å²) in [5.74, 6) is 0.448. The van der Waals surface area contributed by atoms with E-state index in [1.54, 1.807) is 0 Å². The minimum absolute atomic E-state index is 0.102. The highest BCUT2D eigenvalue weighted by molar-refractivity contribution is 4.93. The van der Waals surface area contributed by atoms with Gasteiger partial charge in [0.15, 0.2) is 5.82 Å². The molecule has 9 heteroatoms. The van der Waals surface area contributed by atoms with E-state index in [2.05, 4.69) is 14.9 Å². The van der Waals surface area contributed by atoms with Crippen LogP contribution < -0.4 is 5.73 Å². The zero-order chi connectivity index (χ0) is 14.3. The molecular formula is C10H16F3N3O3.